The van der Waals surface area contributed by atoms with Crippen molar-refractivity contribution in [3.63, 3.8) is 0 Å². The van der Waals surface area contributed by atoms with Gasteiger partial charge in [0, 0.05) is 24.7 Å². The van der Waals surface area contributed by atoms with Crippen LogP contribution >= 0.6 is 11.6 Å². The topological polar surface area (TPSA) is 69.7 Å². The average Bonchev–Trinajstić information content (AvgIpc) is 3.45. The molecule has 1 N–H and O–H groups in total. The van der Waals surface area contributed by atoms with Crippen LogP contribution in [0.25, 0.3) is 0 Å². The first-order chi connectivity index (χ1) is 14.9. The van der Waals surface area contributed by atoms with E-state index in [0.717, 1.165) is 25.2 Å². The third-order valence-electron chi connectivity index (χ3n) is 5.99. The number of benzene rings is 2. The normalized spacial score (nSPS) is 20.2. The van der Waals surface area contributed by atoms with Crippen molar-refractivity contribution >= 4 is 27.5 Å². The van der Waals surface area contributed by atoms with E-state index in [-0.39, 0.29) is 10.8 Å². The van der Waals surface area contributed by atoms with Crippen molar-refractivity contribution in [2.24, 2.45) is 0 Å². The number of amides is 1. The Balaban J connectivity index is 1.39. The number of hydrogen-bond donors (Lipinski definition) is 1. The van der Waals surface area contributed by atoms with Crippen molar-refractivity contribution < 1.29 is 13.2 Å². The summed E-state index contributed by atoms with van der Waals surface area (Å²) < 4.78 is 27.4. The van der Waals surface area contributed by atoms with Crippen LogP contribution in [0.2, 0.25) is 5.02 Å². The molecule has 2 aliphatic rings. The summed E-state index contributed by atoms with van der Waals surface area (Å²) in [7, 11) is -3.74. The largest absolute Gasteiger partial charge is 0.351 e. The molecule has 2 aromatic rings. The van der Waals surface area contributed by atoms with Gasteiger partial charge in [0.1, 0.15) is 6.04 Å². The molecular weight excluding hydrogens is 434 g/mol. The second-order valence-electron chi connectivity index (χ2n) is 8.25. The number of likely N-dealkylation sites (tertiary alicyclic amines) is 1. The maximum atomic E-state index is 13.0. The Kier molecular flexibility index (Phi) is 6.96. The zero-order valence-corrected chi connectivity index (χ0v) is 19.0. The predicted molar refractivity (Wildman–Crippen MR) is 121 cm³/mol. The molecule has 0 bridgehead atoms. The van der Waals surface area contributed by atoms with Crippen LogP contribution in [0.5, 0.6) is 0 Å². The summed E-state index contributed by atoms with van der Waals surface area (Å²) in [6.45, 7) is 3.94. The van der Waals surface area contributed by atoms with Crippen molar-refractivity contribution in [1.82, 2.24) is 14.5 Å². The molecule has 0 unspecified atom stereocenters. The summed E-state index contributed by atoms with van der Waals surface area (Å²) in [5.74, 6) is -0.250. The number of halogens is 1. The van der Waals surface area contributed by atoms with Gasteiger partial charge in [-0.05, 0) is 74.2 Å². The molecule has 6 nitrogen and oxygen atoms in total. The molecule has 0 spiro atoms. The van der Waals surface area contributed by atoms with Gasteiger partial charge in [0.05, 0.1) is 4.90 Å². The highest BCUT2D eigenvalue weighted by Crippen LogP contribution is 2.27. The Morgan fingerprint density at radius 2 is 1.71 bits per heavy atom. The molecule has 31 heavy (non-hydrogen) atoms. The zero-order valence-electron chi connectivity index (χ0n) is 17.5. The number of nitrogens with one attached hydrogen (secondary N) is 1. The highest BCUT2D eigenvalue weighted by molar-refractivity contribution is 7.89. The second-order valence-corrected chi connectivity index (χ2v) is 10.6. The van der Waals surface area contributed by atoms with Gasteiger partial charge in [-0.2, -0.15) is 4.31 Å². The summed E-state index contributed by atoms with van der Waals surface area (Å²) in [6, 6.07) is 13.6. The van der Waals surface area contributed by atoms with Crippen LogP contribution in [-0.4, -0.2) is 49.2 Å². The van der Waals surface area contributed by atoms with Gasteiger partial charge in [0.15, 0.2) is 0 Å². The van der Waals surface area contributed by atoms with Crippen LogP contribution < -0.4 is 5.32 Å². The molecule has 4 rings (SSSR count). The first kappa shape index (κ1) is 22.3. The average molecular weight is 462 g/mol. The smallest absolute Gasteiger partial charge is 0.243 e. The van der Waals surface area contributed by atoms with Crippen molar-refractivity contribution in [3.8, 4) is 0 Å². The molecule has 2 fully saturated rings. The SMILES string of the molecule is O=C(NCc1cccc(CN2CCCC2)c1)[C@@H]1CCCN1S(=O)(=O)c1ccc(Cl)cc1. The van der Waals surface area contributed by atoms with Gasteiger partial charge < -0.3 is 5.32 Å². The summed E-state index contributed by atoms with van der Waals surface area (Å²) in [5, 5.41) is 3.42. The minimum atomic E-state index is -3.74. The molecule has 2 aromatic carbocycles. The monoisotopic (exact) mass is 461 g/mol. The molecule has 0 radical (unpaired) electrons. The van der Waals surface area contributed by atoms with Gasteiger partial charge in [0.2, 0.25) is 15.9 Å². The van der Waals surface area contributed by atoms with Gasteiger partial charge >= 0.3 is 0 Å². The van der Waals surface area contributed by atoms with Crippen molar-refractivity contribution in [2.75, 3.05) is 19.6 Å². The lowest BCUT2D eigenvalue weighted by Gasteiger charge is -2.23. The van der Waals surface area contributed by atoms with Crippen LogP contribution in [0.4, 0.5) is 0 Å². The lowest BCUT2D eigenvalue weighted by atomic mass is 10.1. The molecule has 0 aromatic heterocycles. The number of sulfonamides is 1. The second kappa shape index (κ2) is 9.69. The number of hydrogen-bond acceptors (Lipinski definition) is 4. The number of carbonyl (C=O) groups excluding carboxylic acids is 1. The van der Waals surface area contributed by atoms with E-state index in [1.807, 2.05) is 12.1 Å². The Morgan fingerprint density at radius 3 is 2.45 bits per heavy atom. The molecule has 1 atom stereocenters. The van der Waals surface area contributed by atoms with E-state index < -0.39 is 16.1 Å². The Bertz CT molecular complexity index is 1020. The Labute approximate surface area is 189 Å². The standard InChI is InChI=1S/C23H28ClN3O3S/c24-20-8-10-21(11-9-20)31(29,30)27-14-4-7-22(27)23(28)25-16-18-5-3-6-19(15-18)17-26-12-1-2-13-26/h3,5-6,8-11,15,22H,1-2,4,7,12-14,16-17H2,(H,25,28)/t22-/m0/s1. The maximum Gasteiger partial charge on any atom is 0.243 e. The minimum absolute atomic E-state index is 0.159. The summed E-state index contributed by atoms with van der Waals surface area (Å²) in [5.41, 5.74) is 2.26. The summed E-state index contributed by atoms with van der Waals surface area (Å²) in [4.78, 5) is 15.5. The molecule has 0 aliphatic carbocycles. The Hall–Kier alpha value is -1.93. The van der Waals surface area contributed by atoms with Gasteiger partial charge in [0.25, 0.3) is 0 Å². The predicted octanol–water partition coefficient (Wildman–Crippen LogP) is 3.41. The quantitative estimate of drug-likeness (QED) is 0.686. The molecule has 8 heteroatoms. The molecule has 2 heterocycles. The van der Waals surface area contributed by atoms with E-state index in [1.54, 1.807) is 12.1 Å². The van der Waals surface area contributed by atoms with Crippen LogP contribution in [0.15, 0.2) is 53.4 Å². The van der Waals surface area contributed by atoms with Crippen LogP contribution in [-0.2, 0) is 27.9 Å². The number of carbonyl (C=O) groups is 1. The van der Waals surface area contributed by atoms with E-state index in [2.05, 4.69) is 22.3 Å². The number of rotatable bonds is 7. The van der Waals surface area contributed by atoms with Crippen LogP contribution in [0.3, 0.4) is 0 Å². The van der Waals surface area contributed by atoms with Crippen LogP contribution in [0.1, 0.15) is 36.8 Å². The molecule has 166 valence electrons. The van der Waals surface area contributed by atoms with Gasteiger partial charge in [-0.3, -0.25) is 9.69 Å². The summed E-state index contributed by atoms with van der Waals surface area (Å²) >= 11 is 5.88. The van der Waals surface area contributed by atoms with E-state index in [9.17, 15) is 13.2 Å². The lowest BCUT2D eigenvalue weighted by Crippen LogP contribution is -2.45. The molecule has 1 amide bonds. The van der Waals surface area contributed by atoms with Gasteiger partial charge in [-0.25, -0.2) is 8.42 Å². The van der Waals surface area contributed by atoms with Crippen molar-refractivity contribution in [1.29, 1.82) is 0 Å². The van der Waals surface area contributed by atoms with Crippen molar-refractivity contribution in [3.05, 3.63) is 64.7 Å². The highest BCUT2D eigenvalue weighted by atomic mass is 35.5. The van der Waals surface area contributed by atoms with Gasteiger partial charge in [-0.1, -0.05) is 35.9 Å². The highest BCUT2D eigenvalue weighted by Gasteiger charge is 2.39. The van der Waals surface area contributed by atoms with E-state index in [4.69, 9.17) is 11.6 Å². The van der Waals surface area contributed by atoms with E-state index in [0.29, 0.717) is 31.0 Å². The van der Waals surface area contributed by atoms with E-state index >= 15 is 0 Å². The molecule has 0 saturated carbocycles. The zero-order chi connectivity index (χ0) is 21.8. The molecule has 2 saturated heterocycles. The fraction of sp³-hybridized carbons (Fsp3) is 0.435. The summed E-state index contributed by atoms with van der Waals surface area (Å²) in [6.07, 6.45) is 3.70. The fourth-order valence-electron chi connectivity index (χ4n) is 4.38. The van der Waals surface area contributed by atoms with Crippen molar-refractivity contribution in [2.45, 2.75) is 49.7 Å². The van der Waals surface area contributed by atoms with E-state index in [1.165, 1.54) is 34.8 Å². The minimum Gasteiger partial charge on any atom is -0.351 e. The maximum absolute atomic E-state index is 13.0. The molecule has 2 aliphatic heterocycles. The first-order valence-electron chi connectivity index (χ1n) is 10.8. The fourth-order valence-corrected chi connectivity index (χ4v) is 6.16. The third-order valence-corrected chi connectivity index (χ3v) is 8.16. The lowest BCUT2D eigenvalue weighted by molar-refractivity contribution is -0.124. The van der Waals surface area contributed by atoms with Gasteiger partial charge in [-0.15, -0.1) is 0 Å². The van der Waals surface area contributed by atoms with Crippen LogP contribution in [0, 0.1) is 0 Å². The third kappa shape index (κ3) is 5.29. The molecular formula is C23H28ClN3O3S. The first-order valence-corrected chi connectivity index (χ1v) is 12.6. The Morgan fingerprint density at radius 1 is 1.00 bits per heavy atom. The number of nitrogens with zero attached hydrogens (tertiary/aromatic N) is 2.